The Bertz CT molecular complexity index is 478. The van der Waals surface area contributed by atoms with Gasteiger partial charge in [-0.15, -0.1) is 5.10 Å². The standard InChI is InChI=1S/C10H8F3N3S/c11-10(12,13)7-3-1-6(2-4-7)9(14)8-5-15-16-17-8/h1-5,9H,14H2. The molecule has 2 aromatic rings. The van der Waals surface area contributed by atoms with Gasteiger partial charge in [0.25, 0.3) is 0 Å². The molecule has 0 saturated heterocycles. The molecule has 1 aromatic heterocycles. The van der Waals surface area contributed by atoms with E-state index in [0.717, 1.165) is 23.7 Å². The van der Waals surface area contributed by atoms with E-state index in [4.69, 9.17) is 5.73 Å². The van der Waals surface area contributed by atoms with Crippen LogP contribution in [0.2, 0.25) is 0 Å². The normalized spacial score (nSPS) is 13.6. The number of nitrogens with two attached hydrogens (primary N) is 1. The van der Waals surface area contributed by atoms with E-state index in [-0.39, 0.29) is 0 Å². The fourth-order valence-electron chi connectivity index (χ4n) is 1.36. The Labute approximate surface area is 99.2 Å². The number of halogens is 3. The first-order valence-corrected chi connectivity index (χ1v) is 5.46. The van der Waals surface area contributed by atoms with Crippen LogP contribution in [0.5, 0.6) is 0 Å². The SMILES string of the molecule is NC(c1ccc(C(F)(F)F)cc1)c1cnns1. The molecule has 0 aliphatic carbocycles. The van der Waals surface area contributed by atoms with Crippen molar-refractivity contribution in [1.82, 2.24) is 9.59 Å². The molecule has 0 aliphatic rings. The maximum atomic E-state index is 12.3. The molecule has 2 N–H and O–H groups in total. The van der Waals surface area contributed by atoms with Crippen molar-refractivity contribution in [3.63, 3.8) is 0 Å². The van der Waals surface area contributed by atoms with Crippen molar-refractivity contribution >= 4 is 11.5 Å². The van der Waals surface area contributed by atoms with Crippen LogP contribution in [0.1, 0.15) is 22.0 Å². The third kappa shape index (κ3) is 2.62. The highest BCUT2D eigenvalue weighted by Gasteiger charge is 2.30. The second-order valence-electron chi connectivity index (χ2n) is 3.42. The monoisotopic (exact) mass is 259 g/mol. The number of alkyl halides is 3. The molecule has 7 heteroatoms. The van der Waals surface area contributed by atoms with Crippen LogP contribution in [0.4, 0.5) is 13.2 Å². The Kier molecular flexibility index (Phi) is 3.12. The van der Waals surface area contributed by atoms with Crippen LogP contribution in [0, 0.1) is 0 Å². The van der Waals surface area contributed by atoms with Gasteiger partial charge in [0.1, 0.15) is 0 Å². The Morgan fingerprint density at radius 3 is 2.29 bits per heavy atom. The number of hydrogen-bond acceptors (Lipinski definition) is 4. The number of rotatable bonds is 2. The van der Waals surface area contributed by atoms with Crippen LogP contribution in [-0.2, 0) is 6.18 Å². The minimum absolute atomic E-state index is 0.489. The fourth-order valence-corrected chi connectivity index (χ4v) is 1.89. The summed E-state index contributed by atoms with van der Waals surface area (Å²) < 4.78 is 40.7. The van der Waals surface area contributed by atoms with Crippen molar-refractivity contribution in [3.05, 3.63) is 46.5 Å². The average Bonchev–Trinajstić information content (AvgIpc) is 2.80. The van der Waals surface area contributed by atoms with Crippen molar-refractivity contribution in [2.24, 2.45) is 5.73 Å². The summed E-state index contributed by atoms with van der Waals surface area (Å²) in [4.78, 5) is 0.713. The molecule has 17 heavy (non-hydrogen) atoms. The molecule has 90 valence electrons. The third-order valence-corrected chi connectivity index (χ3v) is 3.03. The summed E-state index contributed by atoms with van der Waals surface area (Å²) in [5, 5.41) is 3.63. The van der Waals surface area contributed by atoms with Gasteiger partial charge in [-0.05, 0) is 29.2 Å². The van der Waals surface area contributed by atoms with E-state index in [1.807, 2.05) is 0 Å². The summed E-state index contributed by atoms with van der Waals surface area (Å²) in [6.07, 6.45) is -2.82. The molecular weight excluding hydrogens is 251 g/mol. The van der Waals surface area contributed by atoms with Crippen molar-refractivity contribution in [2.75, 3.05) is 0 Å². The van der Waals surface area contributed by atoms with E-state index >= 15 is 0 Å². The summed E-state index contributed by atoms with van der Waals surface area (Å²) in [6, 6.07) is 4.28. The van der Waals surface area contributed by atoms with E-state index < -0.39 is 17.8 Å². The minimum Gasteiger partial charge on any atom is -0.320 e. The molecule has 1 aromatic carbocycles. The number of aromatic nitrogens is 2. The molecule has 0 radical (unpaired) electrons. The highest BCUT2D eigenvalue weighted by atomic mass is 32.1. The molecule has 1 heterocycles. The lowest BCUT2D eigenvalue weighted by molar-refractivity contribution is -0.137. The van der Waals surface area contributed by atoms with Crippen LogP contribution < -0.4 is 5.73 Å². The zero-order chi connectivity index (χ0) is 12.5. The molecule has 0 fully saturated rings. The predicted octanol–water partition coefficient (Wildman–Crippen LogP) is 2.61. The van der Waals surface area contributed by atoms with Gasteiger partial charge in [0.2, 0.25) is 0 Å². The zero-order valence-corrected chi connectivity index (χ0v) is 9.29. The Morgan fingerprint density at radius 2 is 1.82 bits per heavy atom. The van der Waals surface area contributed by atoms with Gasteiger partial charge in [0.05, 0.1) is 22.7 Å². The van der Waals surface area contributed by atoms with Crippen molar-refractivity contribution in [2.45, 2.75) is 12.2 Å². The Balaban J connectivity index is 2.24. The van der Waals surface area contributed by atoms with E-state index in [0.29, 0.717) is 10.4 Å². The van der Waals surface area contributed by atoms with Crippen LogP contribution in [0.3, 0.4) is 0 Å². The third-order valence-electron chi connectivity index (χ3n) is 2.28. The number of benzene rings is 1. The lowest BCUT2D eigenvalue weighted by Gasteiger charge is -2.11. The van der Waals surface area contributed by atoms with Gasteiger partial charge in [0.15, 0.2) is 0 Å². The number of hydrogen-bond donors (Lipinski definition) is 1. The van der Waals surface area contributed by atoms with Gasteiger partial charge in [-0.3, -0.25) is 0 Å². The molecular formula is C10H8F3N3S. The van der Waals surface area contributed by atoms with E-state index in [1.54, 1.807) is 0 Å². The molecule has 1 unspecified atom stereocenters. The lowest BCUT2D eigenvalue weighted by Crippen LogP contribution is -2.11. The highest BCUT2D eigenvalue weighted by molar-refractivity contribution is 7.05. The van der Waals surface area contributed by atoms with Crippen molar-refractivity contribution in [1.29, 1.82) is 0 Å². The molecule has 1 atom stereocenters. The maximum absolute atomic E-state index is 12.3. The van der Waals surface area contributed by atoms with Gasteiger partial charge in [-0.1, -0.05) is 16.6 Å². The first-order valence-electron chi connectivity index (χ1n) is 4.68. The summed E-state index contributed by atoms with van der Waals surface area (Å²) in [5.74, 6) is 0. The second-order valence-corrected chi connectivity index (χ2v) is 4.23. The number of nitrogens with zero attached hydrogens (tertiary/aromatic N) is 2. The molecule has 0 aliphatic heterocycles. The second kappa shape index (κ2) is 4.42. The average molecular weight is 259 g/mol. The first kappa shape index (κ1) is 12.0. The predicted molar refractivity (Wildman–Crippen MR) is 57.4 cm³/mol. The zero-order valence-electron chi connectivity index (χ0n) is 8.48. The lowest BCUT2D eigenvalue weighted by atomic mass is 10.0. The molecule has 0 amide bonds. The van der Waals surface area contributed by atoms with Crippen molar-refractivity contribution < 1.29 is 13.2 Å². The van der Waals surface area contributed by atoms with E-state index in [2.05, 4.69) is 9.59 Å². The fraction of sp³-hybridized carbons (Fsp3) is 0.200. The smallest absolute Gasteiger partial charge is 0.320 e. The minimum atomic E-state index is -4.32. The van der Waals surface area contributed by atoms with Crippen LogP contribution in [0.15, 0.2) is 30.5 Å². The maximum Gasteiger partial charge on any atom is 0.416 e. The Hall–Kier alpha value is -1.47. The molecule has 0 bridgehead atoms. The summed E-state index contributed by atoms with van der Waals surface area (Å²) in [5.41, 5.74) is 5.79. The van der Waals surface area contributed by atoms with Gasteiger partial charge < -0.3 is 5.73 Å². The summed E-state index contributed by atoms with van der Waals surface area (Å²) in [7, 11) is 0. The summed E-state index contributed by atoms with van der Waals surface area (Å²) >= 11 is 1.13. The van der Waals surface area contributed by atoms with E-state index in [9.17, 15) is 13.2 Å². The van der Waals surface area contributed by atoms with Crippen LogP contribution in [0.25, 0.3) is 0 Å². The van der Waals surface area contributed by atoms with Crippen LogP contribution >= 0.6 is 11.5 Å². The topological polar surface area (TPSA) is 51.8 Å². The van der Waals surface area contributed by atoms with E-state index in [1.165, 1.54) is 18.3 Å². The quantitative estimate of drug-likeness (QED) is 0.901. The Morgan fingerprint density at radius 1 is 1.18 bits per heavy atom. The molecule has 0 spiro atoms. The highest BCUT2D eigenvalue weighted by Crippen LogP contribution is 2.30. The molecule has 2 rings (SSSR count). The summed E-state index contributed by atoms with van der Waals surface area (Å²) in [6.45, 7) is 0. The van der Waals surface area contributed by atoms with Crippen LogP contribution in [-0.4, -0.2) is 9.59 Å². The first-order chi connectivity index (χ1) is 7.98. The van der Waals surface area contributed by atoms with Gasteiger partial charge in [-0.2, -0.15) is 13.2 Å². The van der Waals surface area contributed by atoms with Gasteiger partial charge >= 0.3 is 6.18 Å². The van der Waals surface area contributed by atoms with Gasteiger partial charge in [0, 0.05) is 0 Å². The van der Waals surface area contributed by atoms with Gasteiger partial charge in [-0.25, -0.2) is 0 Å². The molecule has 3 nitrogen and oxygen atoms in total. The molecule has 0 saturated carbocycles. The largest absolute Gasteiger partial charge is 0.416 e. The van der Waals surface area contributed by atoms with Crippen molar-refractivity contribution in [3.8, 4) is 0 Å².